The fourth-order valence-corrected chi connectivity index (χ4v) is 4.43. The molecule has 0 unspecified atom stereocenters. The fraction of sp³-hybridized carbons (Fsp3) is 0.0333. The molecule has 2 N–H and O–H groups in total. The number of amides is 1. The summed E-state index contributed by atoms with van der Waals surface area (Å²) in [4.78, 5) is 29.2. The van der Waals surface area contributed by atoms with Crippen LogP contribution in [-0.2, 0) is 0 Å². The van der Waals surface area contributed by atoms with E-state index in [1.54, 1.807) is 42.5 Å². The highest BCUT2D eigenvalue weighted by Crippen LogP contribution is 2.32. The van der Waals surface area contributed by atoms with Crippen molar-refractivity contribution in [1.82, 2.24) is 10.4 Å². The van der Waals surface area contributed by atoms with Crippen LogP contribution in [0.5, 0.6) is 11.5 Å². The number of methoxy groups -OCH3 is 1. The maximum atomic E-state index is 13.2. The predicted molar refractivity (Wildman–Crippen MR) is 151 cm³/mol. The van der Waals surface area contributed by atoms with Gasteiger partial charge in [-0.3, -0.25) is 4.79 Å². The molecule has 0 saturated heterocycles. The highest BCUT2D eigenvalue weighted by atomic mass is 79.9. The quantitative estimate of drug-likeness (QED) is 0.100. The fourth-order valence-electron chi connectivity index (χ4n) is 4.06. The minimum absolute atomic E-state index is 0.287. The largest absolute Gasteiger partial charge is 0.497 e. The third kappa shape index (κ3) is 5.35. The number of fused-ring (bicyclic) bond motifs is 1. The molecule has 8 heteroatoms. The average Bonchev–Trinajstić information content (AvgIpc) is 3.34. The summed E-state index contributed by atoms with van der Waals surface area (Å²) >= 11 is 3.43. The summed E-state index contributed by atoms with van der Waals surface area (Å²) in [5, 5.41) is 5.09. The SMILES string of the molecule is COc1cccc(C(=O)Oc2ccc(Br)cc2C=NNC(=O)c2[nH]c3ccccc3c2-c2ccccc2)c1. The van der Waals surface area contributed by atoms with Gasteiger partial charge in [0.25, 0.3) is 5.91 Å². The topological polar surface area (TPSA) is 92.8 Å². The molecule has 0 aliphatic rings. The number of hydrogen-bond donors (Lipinski definition) is 2. The van der Waals surface area contributed by atoms with Gasteiger partial charge in [0.1, 0.15) is 17.2 Å². The molecule has 0 radical (unpaired) electrons. The Morgan fingerprint density at radius 1 is 0.921 bits per heavy atom. The van der Waals surface area contributed by atoms with Gasteiger partial charge in [0, 0.05) is 26.5 Å². The van der Waals surface area contributed by atoms with E-state index in [1.807, 2.05) is 54.6 Å². The Hall–Kier alpha value is -4.69. The van der Waals surface area contributed by atoms with Crippen molar-refractivity contribution in [2.45, 2.75) is 0 Å². The van der Waals surface area contributed by atoms with Crippen molar-refractivity contribution in [1.29, 1.82) is 0 Å². The van der Waals surface area contributed by atoms with Crippen LogP contribution in [0.15, 0.2) is 107 Å². The van der Waals surface area contributed by atoms with Crippen LogP contribution in [0.2, 0.25) is 0 Å². The van der Waals surface area contributed by atoms with E-state index in [4.69, 9.17) is 9.47 Å². The standard InChI is InChI=1S/C30H22BrN3O4/c1-37-23-11-7-10-20(17-23)30(36)38-26-15-14-22(31)16-21(26)18-32-34-29(35)28-27(19-8-3-2-4-9-19)24-12-5-6-13-25(24)33-28/h2-18,33H,1H3,(H,34,35). The first kappa shape index (κ1) is 25.0. The number of aromatic amines is 1. The number of hydrazone groups is 1. The summed E-state index contributed by atoms with van der Waals surface area (Å²) in [5.74, 6) is -0.113. The lowest BCUT2D eigenvalue weighted by molar-refractivity contribution is 0.0733. The Labute approximate surface area is 227 Å². The van der Waals surface area contributed by atoms with Gasteiger partial charge < -0.3 is 14.5 Å². The van der Waals surface area contributed by atoms with E-state index in [0.29, 0.717) is 22.6 Å². The van der Waals surface area contributed by atoms with Gasteiger partial charge in [-0.2, -0.15) is 5.10 Å². The van der Waals surface area contributed by atoms with Crippen LogP contribution in [0.4, 0.5) is 0 Å². The molecule has 7 nitrogen and oxygen atoms in total. The number of carbonyl (C=O) groups is 2. The van der Waals surface area contributed by atoms with Gasteiger partial charge in [0.15, 0.2) is 0 Å². The number of rotatable bonds is 7. The average molecular weight is 568 g/mol. The molecular weight excluding hydrogens is 546 g/mol. The molecule has 0 bridgehead atoms. The molecule has 4 aromatic carbocycles. The van der Waals surface area contributed by atoms with Gasteiger partial charge in [-0.05, 0) is 48.0 Å². The van der Waals surface area contributed by atoms with E-state index in [0.717, 1.165) is 26.5 Å². The number of aromatic nitrogens is 1. The molecule has 0 aliphatic carbocycles. The second-order valence-electron chi connectivity index (χ2n) is 8.29. The summed E-state index contributed by atoms with van der Waals surface area (Å²) in [6.07, 6.45) is 1.43. The Balaban J connectivity index is 1.39. The van der Waals surface area contributed by atoms with E-state index in [2.05, 4.69) is 31.4 Å². The monoisotopic (exact) mass is 567 g/mol. The van der Waals surface area contributed by atoms with Crippen LogP contribution in [0.25, 0.3) is 22.0 Å². The molecule has 0 fully saturated rings. The molecule has 0 atom stereocenters. The summed E-state index contributed by atoms with van der Waals surface area (Å²) in [5.41, 5.74) is 6.39. The number of nitrogens with one attached hydrogen (secondary N) is 2. The van der Waals surface area contributed by atoms with Crippen LogP contribution in [-0.4, -0.2) is 30.2 Å². The first-order valence-corrected chi connectivity index (χ1v) is 12.5. The number of para-hydroxylation sites is 1. The summed E-state index contributed by atoms with van der Waals surface area (Å²) in [6.45, 7) is 0. The van der Waals surface area contributed by atoms with Crippen molar-refractivity contribution in [2.24, 2.45) is 5.10 Å². The lowest BCUT2D eigenvalue weighted by atomic mass is 10.0. The van der Waals surface area contributed by atoms with Crippen molar-refractivity contribution in [3.63, 3.8) is 0 Å². The maximum Gasteiger partial charge on any atom is 0.343 e. The predicted octanol–water partition coefficient (Wildman–Crippen LogP) is 6.59. The second kappa shape index (κ2) is 11.1. The van der Waals surface area contributed by atoms with Gasteiger partial charge in [-0.25, -0.2) is 10.2 Å². The minimum atomic E-state index is -0.546. The van der Waals surface area contributed by atoms with Gasteiger partial charge in [0.05, 0.1) is 18.9 Å². The lowest BCUT2D eigenvalue weighted by Gasteiger charge is -2.09. The number of carbonyl (C=O) groups excluding carboxylic acids is 2. The zero-order chi connectivity index (χ0) is 26.5. The van der Waals surface area contributed by atoms with E-state index in [1.165, 1.54) is 13.3 Å². The van der Waals surface area contributed by atoms with Gasteiger partial charge in [0.2, 0.25) is 0 Å². The molecule has 1 amide bonds. The summed E-state index contributed by atoms with van der Waals surface area (Å²) in [6, 6.07) is 29.3. The van der Waals surface area contributed by atoms with E-state index in [9.17, 15) is 9.59 Å². The number of ether oxygens (including phenoxy) is 2. The van der Waals surface area contributed by atoms with Crippen LogP contribution >= 0.6 is 15.9 Å². The smallest absolute Gasteiger partial charge is 0.343 e. The van der Waals surface area contributed by atoms with Crippen LogP contribution in [0.1, 0.15) is 26.4 Å². The Kier molecular flexibility index (Phi) is 7.33. The number of nitrogens with zero attached hydrogens (tertiary/aromatic N) is 1. The first-order valence-electron chi connectivity index (χ1n) is 11.7. The van der Waals surface area contributed by atoms with Crippen molar-refractivity contribution in [3.8, 4) is 22.6 Å². The number of benzene rings is 4. The maximum absolute atomic E-state index is 13.2. The molecule has 0 saturated carbocycles. The highest BCUT2D eigenvalue weighted by Gasteiger charge is 2.19. The third-order valence-electron chi connectivity index (χ3n) is 5.85. The van der Waals surface area contributed by atoms with E-state index < -0.39 is 11.9 Å². The van der Waals surface area contributed by atoms with Crippen LogP contribution < -0.4 is 14.9 Å². The van der Waals surface area contributed by atoms with Crippen LogP contribution in [0.3, 0.4) is 0 Å². The van der Waals surface area contributed by atoms with Crippen molar-refractivity contribution in [2.75, 3.05) is 7.11 Å². The van der Waals surface area contributed by atoms with E-state index >= 15 is 0 Å². The Morgan fingerprint density at radius 2 is 1.71 bits per heavy atom. The van der Waals surface area contributed by atoms with Gasteiger partial charge in [-0.15, -0.1) is 0 Å². The molecule has 1 aromatic heterocycles. The summed E-state index contributed by atoms with van der Waals surface area (Å²) < 4.78 is 11.6. The van der Waals surface area contributed by atoms with Gasteiger partial charge in [-0.1, -0.05) is 70.5 Å². The minimum Gasteiger partial charge on any atom is -0.497 e. The molecule has 0 aliphatic heterocycles. The number of hydrogen-bond acceptors (Lipinski definition) is 5. The van der Waals surface area contributed by atoms with Crippen LogP contribution in [0, 0.1) is 0 Å². The first-order chi connectivity index (χ1) is 18.5. The molecule has 0 spiro atoms. The van der Waals surface area contributed by atoms with Gasteiger partial charge >= 0.3 is 5.97 Å². The molecule has 5 rings (SSSR count). The zero-order valence-corrected chi connectivity index (χ0v) is 21.9. The third-order valence-corrected chi connectivity index (χ3v) is 6.34. The zero-order valence-electron chi connectivity index (χ0n) is 20.3. The Morgan fingerprint density at radius 3 is 2.53 bits per heavy atom. The van der Waals surface area contributed by atoms with Crippen molar-refractivity contribution >= 4 is 44.9 Å². The molecule has 1 heterocycles. The normalized spacial score (nSPS) is 11.0. The Bertz CT molecular complexity index is 1660. The highest BCUT2D eigenvalue weighted by molar-refractivity contribution is 9.10. The van der Waals surface area contributed by atoms with E-state index in [-0.39, 0.29) is 5.75 Å². The number of esters is 1. The number of halogens is 1. The van der Waals surface area contributed by atoms with Crippen molar-refractivity contribution < 1.29 is 19.1 Å². The lowest BCUT2D eigenvalue weighted by Crippen LogP contribution is -2.19. The molecule has 188 valence electrons. The van der Waals surface area contributed by atoms with Crippen molar-refractivity contribution in [3.05, 3.63) is 118 Å². The summed E-state index contributed by atoms with van der Waals surface area (Å²) in [7, 11) is 1.53. The molecule has 5 aromatic rings. The number of H-pyrrole nitrogens is 1. The second-order valence-corrected chi connectivity index (χ2v) is 9.21. The molecule has 38 heavy (non-hydrogen) atoms. The molecular formula is C30H22BrN3O4.